The van der Waals surface area contributed by atoms with Crippen molar-refractivity contribution in [3.8, 4) is 0 Å². The highest BCUT2D eigenvalue weighted by Gasteiger charge is 2.02. The van der Waals surface area contributed by atoms with E-state index in [1.165, 1.54) is 4.88 Å². The van der Waals surface area contributed by atoms with Crippen LogP contribution in [-0.4, -0.2) is 30.2 Å². The van der Waals surface area contributed by atoms with Gasteiger partial charge in [-0.05, 0) is 26.1 Å². The molecule has 16 heavy (non-hydrogen) atoms. The molecule has 90 valence electrons. The van der Waals surface area contributed by atoms with Gasteiger partial charge in [0.2, 0.25) is 0 Å². The number of hydrogen-bond donors (Lipinski definition) is 3. The van der Waals surface area contributed by atoms with Crippen molar-refractivity contribution in [3.05, 3.63) is 15.6 Å². The van der Waals surface area contributed by atoms with Crippen molar-refractivity contribution >= 4 is 28.7 Å². The summed E-state index contributed by atoms with van der Waals surface area (Å²) >= 11 is 6.71. The predicted octanol–water partition coefficient (Wildman–Crippen LogP) is 0.943. The van der Waals surface area contributed by atoms with Crippen LogP contribution in [0.3, 0.4) is 0 Å². The molecule has 0 radical (unpaired) electrons. The lowest BCUT2D eigenvalue weighted by atomic mass is 10.4. The van der Waals surface area contributed by atoms with Crippen LogP contribution in [0.25, 0.3) is 0 Å². The first-order valence-corrected chi connectivity index (χ1v) is 6.45. The largest absolute Gasteiger partial charge is 0.366 e. The number of aromatic nitrogens is 1. The maximum Gasteiger partial charge on any atom is 0.166 e. The Balaban J connectivity index is 2.14. The van der Waals surface area contributed by atoms with Crippen molar-refractivity contribution in [2.45, 2.75) is 20.4 Å². The highest BCUT2D eigenvalue weighted by molar-refractivity contribution is 7.80. The first-order valence-electron chi connectivity index (χ1n) is 5.22. The van der Waals surface area contributed by atoms with Crippen molar-refractivity contribution in [1.29, 1.82) is 0 Å². The molecule has 3 N–H and O–H groups in total. The lowest BCUT2D eigenvalue weighted by Crippen LogP contribution is -2.36. The molecule has 0 spiro atoms. The summed E-state index contributed by atoms with van der Waals surface area (Å²) in [7, 11) is 1.81. The number of aryl methyl sites for hydroxylation is 2. The van der Waals surface area contributed by atoms with E-state index in [-0.39, 0.29) is 0 Å². The number of nitrogens with zero attached hydrogens (tertiary/aromatic N) is 1. The Bertz CT molecular complexity index is 329. The average molecular weight is 258 g/mol. The van der Waals surface area contributed by atoms with E-state index in [1.54, 1.807) is 11.3 Å². The summed E-state index contributed by atoms with van der Waals surface area (Å²) in [6.07, 6.45) is 0. The third kappa shape index (κ3) is 4.42. The third-order valence-corrected chi connectivity index (χ3v) is 3.58. The summed E-state index contributed by atoms with van der Waals surface area (Å²) in [5.74, 6) is 0. The van der Waals surface area contributed by atoms with Crippen molar-refractivity contribution in [2.24, 2.45) is 0 Å². The van der Waals surface area contributed by atoms with Gasteiger partial charge in [-0.1, -0.05) is 0 Å². The molecule has 0 atom stereocenters. The fourth-order valence-corrected chi connectivity index (χ4v) is 2.17. The van der Waals surface area contributed by atoms with Crippen LogP contribution in [0.5, 0.6) is 0 Å². The molecule has 0 saturated heterocycles. The van der Waals surface area contributed by atoms with E-state index in [1.807, 2.05) is 14.0 Å². The Kier molecular flexibility index (Phi) is 5.65. The molecule has 1 heterocycles. The fraction of sp³-hybridized carbons (Fsp3) is 0.600. The molecular formula is C10H18N4S2. The molecule has 0 aromatic carbocycles. The summed E-state index contributed by atoms with van der Waals surface area (Å²) in [5.41, 5.74) is 1.14. The molecule has 4 nitrogen and oxygen atoms in total. The molecule has 1 aromatic heterocycles. The molecule has 1 aromatic rings. The van der Waals surface area contributed by atoms with Crippen LogP contribution in [0.1, 0.15) is 15.6 Å². The van der Waals surface area contributed by atoms with Gasteiger partial charge in [0.15, 0.2) is 5.11 Å². The van der Waals surface area contributed by atoms with Crippen LogP contribution in [0.4, 0.5) is 0 Å². The first-order chi connectivity index (χ1) is 7.63. The number of hydrogen-bond acceptors (Lipinski definition) is 4. The molecule has 0 saturated carbocycles. The van der Waals surface area contributed by atoms with Crippen molar-refractivity contribution in [2.75, 3.05) is 20.1 Å². The van der Waals surface area contributed by atoms with Crippen LogP contribution in [0.2, 0.25) is 0 Å². The fourth-order valence-electron chi connectivity index (χ4n) is 1.16. The van der Waals surface area contributed by atoms with Crippen LogP contribution in [0, 0.1) is 13.8 Å². The Morgan fingerprint density at radius 3 is 2.69 bits per heavy atom. The maximum atomic E-state index is 4.96. The normalized spacial score (nSPS) is 10.2. The highest BCUT2D eigenvalue weighted by atomic mass is 32.1. The molecule has 0 aliphatic carbocycles. The van der Waals surface area contributed by atoms with Crippen LogP contribution < -0.4 is 16.0 Å². The van der Waals surface area contributed by atoms with Gasteiger partial charge >= 0.3 is 0 Å². The van der Waals surface area contributed by atoms with Gasteiger partial charge in [-0.25, -0.2) is 4.98 Å². The molecule has 0 bridgehead atoms. The quantitative estimate of drug-likeness (QED) is 0.542. The van der Waals surface area contributed by atoms with Crippen molar-refractivity contribution in [1.82, 2.24) is 20.9 Å². The van der Waals surface area contributed by atoms with Gasteiger partial charge in [-0.15, -0.1) is 11.3 Å². The summed E-state index contributed by atoms with van der Waals surface area (Å²) in [6.45, 7) is 6.67. The molecule has 1 rings (SSSR count). The molecule has 0 aliphatic rings. The zero-order valence-electron chi connectivity index (χ0n) is 9.89. The van der Waals surface area contributed by atoms with Gasteiger partial charge in [0.1, 0.15) is 5.01 Å². The van der Waals surface area contributed by atoms with E-state index in [4.69, 9.17) is 12.2 Å². The Labute approximate surface area is 106 Å². The second-order valence-electron chi connectivity index (χ2n) is 3.43. The van der Waals surface area contributed by atoms with E-state index >= 15 is 0 Å². The van der Waals surface area contributed by atoms with Crippen LogP contribution >= 0.6 is 23.6 Å². The van der Waals surface area contributed by atoms with E-state index in [2.05, 4.69) is 27.9 Å². The van der Waals surface area contributed by atoms with E-state index in [0.717, 1.165) is 30.3 Å². The predicted molar refractivity (Wildman–Crippen MR) is 73.0 cm³/mol. The number of thiocarbonyl (C=S) groups is 1. The van der Waals surface area contributed by atoms with Crippen molar-refractivity contribution in [3.63, 3.8) is 0 Å². The lowest BCUT2D eigenvalue weighted by Gasteiger charge is -2.06. The SMILES string of the molecule is CNC(=S)NCCNCc1nc(C)c(C)s1. The average Bonchev–Trinajstić information content (AvgIpc) is 2.57. The molecular weight excluding hydrogens is 240 g/mol. The monoisotopic (exact) mass is 258 g/mol. The topological polar surface area (TPSA) is 49.0 Å². The number of nitrogens with one attached hydrogen (secondary N) is 3. The molecule has 0 aliphatic heterocycles. The molecule has 0 fully saturated rings. The Morgan fingerprint density at radius 2 is 2.12 bits per heavy atom. The lowest BCUT2D eigenvalue weighted by molar-refractivity contribution is 0.667. The van der Waals surface area contributed by atoms with Gasteiger partial charge in [-0.2, -0.15) is 0 Å². The Hall–Kier alpha value is -0.720. The van der Waals surface area contributed by atoms with Crippen molar-refractivity contribution < 1.29 is 0 Å². The minimum absolute atomic E-state index is 0.683. The van der Waals surface area contributed by atoms with E-state index in [0.29, 0.717) is 5.11 Å². The smallest absolute Gasteiger partial charge is 0.166 e. The Morgan fingerprint density at radius 1 is 1.38 bits per heavy atom. The summed E-state index contributed by atoms with van der Waals surface area (Å²) < 4.78 is 0. The zero-order chi connectivity index (χ0) is 12.0. The molecule has 0 amide bonds. The second-order valence-corrected chi connectivity index (χ2v) is 5.13. The molecule has 0 unspecified atom stereocenters. The van der Waals surface area contributed by atoms with E-state index in [9.17, 15) is 0 Å². The van der Waals surface area contributed by atoms with Gasteiger partial charge in [0.05, 0.1) is 5.69 Å². The number of thiazole rings is 1. The first kappa shape index (κ1) is 13.3. The van der Waals surface area contributed by atoms with Crippen LogP contribution in [0.15, 0.2) is 0 Å². The summed E-state index contributed by atoms with van der Waals surface area (Å²) in [6, 6.07) is 0. The van der Waals surface area contributed by atoms with Gasteiger partial charge in [-0.3, -0.25) is 0 Å². The number of rotatable bonds is 5. The van der Waals surface area contributed by atoms with Gasteiger partial charge in [0.25, 0.3) is 0 Å². The van der Waals surface area contributed by atoms with Gasteiger partial charge in [0, 0.05) is 31.6 Å². The second kappa shape index (κ2) is 6.78. The van der Waals surface area contributed by atoms with E-state index < -0.39 is 0 Å². The maximum absolute atomic E-state index is 4.96. The molecule has 6 heteroatoms. The van der Waals surface area contributed by atoms with Crippen LogP contribution in [-0.2, 0) is 6.54 Å². The minimum Gasteiger partial charge on any atom is -0.366 e. The standard InChI is InChI=1S/C10H18N4S2/c1-7-8(2)16-9(14-7)6-12-4-5-13-10(15)11-3/h12H,4-6H2,1-3H3,(H2,11,13,15). The third-order valence-electron chi connectivity index (χ3n) is 2.16. The summed E-state index contributed by atoms with van der Waals surface area (Å²) in [4.78, 5) is 5.75. The zero-order valence-corrected chi connectivity index (χ0v) is 11.5. The van der Waals surface area contributed by atoms with Gasteiger partial charge < -0.3 is 16.0 Å². The minimum atomic E-state index is 0.683. The highest BCUT2D eigenvalue weighted by Crippen LogP contribution is 2.15. The summed E-state index contributed by atoms with van der Waals surface area (Å²) in [5, 5.41) is 11.1.